The van der Waals surface area contributed by atoms with Crippen molar-refractivity contribution >= 4 is 0 Å². The van der Waals surface area contributed by atoms with Crippen LogP contribution < -0.4 is 0 Å². The molecule has 9 heavy (non-hydrogen) atoms. The van der Waals surface area contributed by atoms with E-state index < -0.39 is 0 Å². The summed E-state index contributed by atoms with van der Waals surface area (Å²) in [5.74, 6) is 0.625. The van der Waals surface area contributed by atoms with Crippen molar-refractivity contribution in [3.05, 3.63) is 24.2 Å². The monoisotopic (exact) mass is 126 g/mol. The predicted molar refractivity (Wildman–Crippen MR) is 34.8 cm³/mol. The molecule has 50 valence electrons. The number of hydrogen-bond acceptors (Lipinski definition) is 2. The Morgan fingerprint density at radius 1 is 1.78 bits per heavy atom. The molecule has 0 aromatic carbocycles. The fourth-order valence-corrected chi connectivity index (χ4v) is 0.613. The van der Waals surface area contributed by atoms with Crippen LogP contribution in [0.5, 0.6) is 0 Å². The Labute approximate surface area is 54.8 Å². The van der Waals surface area contributed by atoms with Gasteiger partial charge in [-0.15, -0.1) is 0 Å². The maximum absolute atomic E-state index is 5.07. The Kier molecular flexibility index (Phi) is 2.19. The van der Waals surface area contributed by atoms with Crippen LogP contribution in [0.4, 0.5) is 0 Å². The fraction of sp³-hybridized carbons (Fsp3) is 0.429. The molecule has 0 aromatic heterocycles. The summed E-state index contributed by atoms with van der Waals surface area (Å²) in [4.78, 5) is 0. The van der Waals surface area contributed by atoms with Crippen LogP contribution in [0, 0.1) is 0 Å². The highest BCUT2D eigenvalue weighted by atomic mass is 16.7. The molecule has 0 saturated heterocycles. The third kappa shape index (κ3) is 1.80. The fourth-order valence-electron chi connectivity index (χ4n) is 0.613. The first-order valence-electron chi connectivity index (χ1n) is 3.06. The van der Waals surface area contributed by atoms with E-state index in [0.717, 1.165) is 0 Å². The van der Waals surface area contributed by atoms with Crippen molar-refractivity contribution in [1.29, 1.82) is 0 Å². The van der Waals surface area contributed by atoms with Crippen LogP contribution >= 0.6 is 0 Å². The predicted octanol–water partition coefficient (Wildman–Crippen LogP) is 1.45. The summed E-state index contributed by atoms with van der Waals surface area (Å²) in [6, 6.07) is 0. The van der Waals surface area contributed by atoms with E-state index in [-0.39, 0.29) is 0 Å². The van der Waals surface area contributed by atoms with E-state index in [1.54, 1.807) is 0 Å². The van der Waals surface area contributed by atoms with Gasteiger partial charge in [-0.3, -0.25) is 0 Å². The van der Waals surface area contributed by atoms with E-state index in [4.69, 9.17) is 9.47 Å². The van der Waals surface area contributed by atoms with Crippen LogP contribution in [-0.4, -0.2) is 13.2 Å². The van der Waals surface area contributed by atoms with Gasteiger partial charge in [0.25, 0.3) is 5.95 Å². The van der Waals surface area contributed by atoms with Gasteiger partial charge >= 0.3 is 0 Å². The van der Waals surface area contributed by atoms with Gasteiger partial charge in [0.2, 0.25) is 0 Å². The Bertz CT molecular complexity index is 136. The van der Waals surface area contributed by atoms with Crippen LogP contribution in [0.1, 0.15) is 6.92 Å². The lowest BCUT2D eigenvalue weighted by atomic mass is 10.4. The zero-order valence-electron chi connectivity index (χ0n) is 5.46. The highest BCUT2D eigenvalue weighted by Crippen LogP contribution is 2.04. The second-order valence-corrected chi connectivity index (χ2v) is 1.66. The molecule has 2 nitrogen and oxygen atoms in total. The third-order valence-corrected chi connectivity index (χ3v) is 0.977. The first-order chi connectivity index (χ1) is 4.43. The molecule has 0 radical (unpaired) electrons. The first-order valence-corrected chi connectivity index (χ1v) is 3.06. The summed E-state index contributed by atoms with van der Waals surface area (Å²) < 4.78 is 10.1. The molecule has 0 aliphatic carbocycles. The zero-order valence-corrected chi connectivity index (χ0v) is 5.46. The van der Waals surface area contributed by atoms with E-state index in [1.807, 2.05) is 25.2 Å². The molecule has 0 bridgehead atoms. The molecule has 1 aliphatic rings. The highest BCUT2D eigenvalue weighted by Gasteiger charge is 1.97. The minimum atomic E-state index is 0.625. The van der Waals surface area contributed by atoms with Crippen LogP contribution in [-0.2, 0) is 9.47 Å². The molecule has 0 aromatic rings. The quantitative estimate of drug-likeness (QED) is 0.557. The summed E-state index contributed by atoms with van der Waals surface area (Å²) in [6.07, 6.45) is 5.67. The molecule has 1 rings (SSSR count). The molecule has 1 heterocycles. The molecule has 0 atom stereocenters. The molecular weight excluding hydrogens is 116 g/mol. The summed E-state index contributed by atoms with van der Waals surface area (Å²) in [5.41, 5.74) is 0. The Hall–Kier alpha value is -0.920. The van der Waals surface area contributed by atoms with E-state index in [2.05, 4.69) is 0 Å². The molecule has 0 spiro atoms. The molecule has 0 amide bonds. The van der Waals surface area contributed by atoms with Crippen molar-refractivity contribution in [3.8, 4) is 0 Å². The van der Waals surface area contributed by atoms with E-state index in [1.165, 1.54) is 0 Å². The van der Waals surface area contributed by atoms with Crippen LogP contribution in [0.15, 0.2) is 24.2 Å². The number of ether oxygens (including phenoxy) is 2. The second kappa shape index (κ2) is 3.17. The van der Waals surface area contributed by atoms with Gasteiger partial charge in [0.05, 0.1) is 6.61 Å². The molecule has 0 unspecified atom stereocenters. The van der Waals surface area contributed by atoms with Gasteiger partial charge < -0.3 is 9.47 Å². The maximum Gasteiger partial charge on any atom is 0.279 e. The van der Waals surface area contributed by atoms with E-state index in [9.17, 15) is 0 Å². The van der Waals surface area contributed by atoms with E-state index in [0.29, 0.717) is 19.2 Å². The molecule has 2 heteroatoms. The van der Waals surface area contributed by atoms with Crippen molar-refractivity contribution < 1.29 is 9.47 Å². The van der Waals surface area contributed by atoms with Crippen LogP contribution in [0.2, 0.25) is 0 Å². The largest absolute Gasteiger partial charge is 0.466 e. The Balaban J connectivity index is 2.38. The van der Waals surface area contributed by atoms with Gasteiger partial charge in [-0.2, -0.15) is 0 Å². The normalized spacial score (nSPS) is 16.3. The lowest BCUT2D eigenvalue weighted by molar-refractivity contribution is 0.0510. The average molecular weight is 126 g/mol. The van der Waals surface area contributed by atoms with Gasteiger partial charge in [-0.25, -0.2) is 0 Å². The Morgan fingerprint density at radius 3 is 3.22 bits per heavy atom. The molecule has 0 saturated carbocycles. The van der Waals surface area contributed by atoms with Crippen LogP contribution in [0.3, 0.4) is 0 Å². The summed E-state index contributed by atoms with van der Waals surface area (Å²) in [5, 5.41) is 0. The summed E-state index contributed by atoms with van der Waals surface area (Å²) in [6.45, 7) is 3.23. The molecule has 0 fully saturated rings. The smallest absolute Gasteiger partial charge is 0.279 e. The minimum Gasteiger partial charge on any atom is -0.466 e. The maximum atomic E-state index is 5.07. The zero-order chi connectivity index (χ0) is 6.53. The summed E-state index contributed by atoms with van der Waals surface area (Å²) in [7, 11) is 0. The van der Waals surface area contributed by atoms with Gasteiger partial charge in [0, 0.05) is 6.08 Å². The van der Waals surface area contributed by atoms with Crippen molar-refractivity contribution in [2.45, 2.75) is 6.92 Å². The van der Waals surface area contributed by atoms with Crippen molar-refractivity contribution in [3.63, 3.8) is 0 Å². The van der Waals surface area contributed by atoms with Crippen molar-refractivity contribution in [2.75, 3.05) is 13.2 Å². The number of rotatable bonds is 2. The minimum absolute atomic E-state index is 0.625. The first kappa shape index (κ1) is 6.20. The lowest BCUT2D eigenvalue weighted by Gasteiger charge is -2.09. The van der Waals surface area contributed by atoms with Crippen molar-refractivity contribution in [2.24, 2.45) is 0 Å². The van der Waals surface area contributed by atoms with Gasteiger partial charge in [0.15, 0.2) is 0 Å². The molecule has 1 aliphatic heterocycles. The summed E-state index contributed by atoms with van der Waals surface area (Å²) >= 11 is 0. The lowest BCUT2D eigenvalue weighted by Crippen LogP contribution is -2.00. The molecule has 0 N–H and O–H groups in total. The highest BCUT2D eigenvalue weighted by molar-refractivity contribution is 5.07. The third-order valence-electron chi connectivity index (χ3n) is 0.977. The van der Waals surface area contributed by atoms with Gasteiger partial charge in [-0.1, -0.05) is 6.08 Å². The van der Waals surface area contributed by atoms with Gasteiger partial charge in [-0.05, 0) is 13.0 Å². The Morgan fingerprint density at radius 2 is 2.67 bits per heavy atom. The van der Waals surface area contributed by atoms with Crippen molar-refractivity contribution in [1.82, 2.24) is 0 Å². The topological polar surface area (TPSA) is 18.5 Å². The van der Waals surface area contributed by atoms with Crippen LogP contribution in [0.25, 0.3) is 0 Å². The number of hydrogen-bond donors (Lipinski definition) is 0. The average Bonchev–Trinajstić information content (AvgIpc) is 1.91. The standard InChI is InChI=1S/C7H10O2/c1-2-8-7-5-3-4-6-9-7/h3-5H,2,6H2,1H3. The van der Waals surface area contributed by atoms with E-state index >= 15 is 0 Å². The molecular formula is C7H10O2. The number of allylic oxidation sites excluding steroid dienone is 2. The second-order valence-electron chi connectivity index (χ2n) is 1.66. The SMILES string of the molecule is CCOC1=CC=CCO1. The van der Waals surface area contributed by atoms with Gasteiger partial charge in [0.1, 0.15) is 6.61 Å².